The molecule has 6 heteroatoms. The van der Waals surface area contributed by atoms with Gasteiger partial charge < -0.3 is 15.0 Å². The van der Waals surface area contributed by atoms with Crippen LogP contribution in [0.2, 0.25) is 0 Å². The number of rotatable bonds is 3. The number of nitrogens with one attached hydrogen (secondary N) is 1. The molecule has 0 radical (unpaired) electrons. The standard InChI is InChI=1S/C18H26N4O2/c1-13-9-19-17(20-10-13)22-7-3-6-18(11-22)8-15(24-12-18)16(23)21-14-4-2-5-14/h9-10,14-15H,2-8,11-12H2,1H3,(H,21,23)/t15-,18-/m0/s1. The van der Waals surface area contributed by atoms with Crippen LogP contribution in [0.3, 0.4) is 0 Å². The monoisotopic (exact) mass is 330 g/mol. The summed E-state index contributed by atoms with van der Waals surface area (Å²) in [4.78, 5) is 23.6. The molecule has 1 saturated carbocycles. The number of hydrogen-bond donors (Lipinski definition) is 1. The number of piperidine rings is 1. The van der Waals surface area contributed by atoms with E-state index >= 15 is 0 Å². The molecule has 1 N–H and O–H groups in total. The SMILES string of the molecule is Cc1cnc(N2CCC[C@@]3(CO[C@H](C(=O)NC4CCC4)C3)C2)nc1. The first-order chi connectivity index (χ1) is 11.6. The smallest absolute Gasteiger partial charge is 0.249 e. The van der Waals surface area contributed by atoms with Gasteiger partial charge in [0.25, 0.3) is 0 Å². The molecule has 4 rings (SSSR count). The molecule has 130 valence electrons. The largest absolute Gasteiger partial charge is 0.368 e. The average Bonchev–Trinajstić information content (AvgIpc) is 2.95. The second-order valence-corrected chi connectivity index (χ2v) is 7.73. The van der Waals surface area contributed by atoms with Gasteiger partial charge in [-0.25, -0.2) is 9.97 Å². The lowest BCUT2D eigenvalue weighted by Gasteiger charge is -2.39. The van der Waals surface area contributed by atoms with Gasteiger partial charge in [-0.05, 0) is 51.0 Å². The molecular weight excluding hydrogens is 304 g/mol. The van der Waals surface area contributed by atoms with Crippen LogP contribution in [-0.4, -0.2) is 47.7 Å². The molecule has 1 amide bonds. The first-order valence-electron chi connectivity index (χ1n) is 9.09. The molecule has 1 aromatic heterocycles. The van der Waals surface area contributed by atoms with Crippen LogP contribution in [0.5, 0.6) is 0 Å². The lowest BCUT2D eigenvalue weighted by molar-refractivity contribution is -0.131. The van der Waals surface area contributed by atoms with Crippen LogP contribution in [0, 0.1) is 12.3 Å². The van der Waals surface area contributed by atoms with Gasteiger partial charge in [-0.3, -0.25) is 4.79 Å². The zero-order valence-corrected chi connectivity index (χ0v) is 14.3. The van der Waals surface area contributed by atoms with Gasteiger partial charge in [-0.2, -0.15) is 0 Å². The van der Waals surface area contributed by atoms with E-state index in [1.54, 1.807) is 0 Å². The summed E-state index contributed by atoms with van der Waals surface area (Å²) in [6.07, 6.45) is 9.92. The maximum absolute atomic E-state index is 12.4. The summed E-state index contributed by atoms with van der Waals surface area (Å²) in [5.41, 5.74) is 1.14. The van der Waals surface area contributed by atoms with Gasteiger partial charge >= 0.3 is 0 Å². The second kappa shape index (κ2) is 6.31. The Morgan fingerprint density at radius 2 is 2.12 bits per heavy atom. The number of aromatic nitrogens is 2. The molecule has 2 atom stereocenters. The van der Waals surface area contributed by atoms with E-state index in [4.69, 9.17) is 4.74 Å². The highest BCUT2D eigenvalue weighted by Gasteiger charge is 2.46. The van der Waals surface area contributed by atoms with Gasteiger partial charge in [-0.1, -0.05) is 0 Å². The fourth-order valence-corrected chi connectivity index (χ4v) is 4.02. The summed E-state index contributed by atoms with van der Waals surface area (Å²) in [5.74, 6) is 0.877. The Morgan fingerprint density at radius 1 is 1.33 bits per heavy atom. The fraction of sp³-hybridized carbons (Fsp3) is 0.722. The number of aryl methyl sites for hydroxylation is 1. The third-order valence-corrected chi connectivity index (χ3v) is 5.66. The number of carbonyl (C=O) groups excluding carboxylic acids is 1. The summed E-state index contributed by atoms with van der Waals surface area (Å²) < 4.78 is 5.90. The molecule has 0 bridgehead atoms. The Hall–Kier alpha value is -1.69. The van der Waals surface area contributed by atoms with Crippen LogP contribution < -0.4 is 10.2 Å². The molecule has 6 nitrogen and oxygen atoms in total. The van der Waals surface area contributed by atoms with Crippen LogP contribution in [0.15, 0.2) is 12.4 Å². The minimum absolute atomic E-state index is 0.0636. The topological polar surface area (TPSA) is 67.4 Å². The van der Waals surface area contributed by atoms with Gasteiger partial charge in [0, 0.05) is 36.9 Å². The van der Waals surface area contributed by atoms with Gasteiger partial charge in [0.15, 0.2) is 0 Å². The summed E-state index contributed by atoms with van der Waals surface area (Å²) in [6, 6.07) is 0.376. The zero-order chi connectivity index (χ0) is 16.6. The Morgan fingerprint density at radius 3 is 2.83 bits per heavy atom. The molecule has 3 fully saturated rings. The van der Waals surface area contributed by atoms with Gasteiger partial charge in [-0.15, -0.1) is 0 Å². The number of hydrogen-bond acceptors (Lipinski definition) is 5. The molecule has 2 saturated heterocycles. The van der Waals surface area contributed by atoms with Crippen molar-refractivity contribution in [2.45, 2.75) is 57.6 Å². The molecule has 24 heavy (non-hydrogen) atoms. The van der Waals surface area contributed by atoms with Crippen molar-refractivity contribution in [3.63, 3.8) is 0 Å². The highest BCUT2D eigenvalue weighted by Crippen LogP contribution is 2.41. The van der Waals surface area contributed by atoms with E-state index in [0.29, 0.717) is 12.6 Å². The maximum atomic E-state index is 12.4. The van der Waals surface area contributed by atoms with E-state index in [1.807, 2.05) is 19.3 Å². The summed E-state index contributed by atoms with van der Waals surface area (Å²) >= 11 is 0. The van der Waals surface area contributed by atoms with Crippen LogP contribution in [-0.2, 0) is 9.53 Å². The Kier molecular flexibility index (Phi) is 4.16. The quantitative estimate of drug-likeness (QED) is 0.916. The van der Waals surface area contributed by atoms with Crippen molar-refractivity contribution < 1.29 is 9.53 Å². The third kappa shape index (κ3) is 3.11. The molecule has 1 aromatic rings. The number of nitrogens with zero attached hydrogens (tertiary/aromatic N) is 3. The highest BCUT2D eigenvalue weighted by atomic mass is 16.5. The molecule has 3 heterocycles. The molecule has 2 aliphatic heterocycles. The van der Waals surface area contributed by atoms with Crippen molar-refractivity contribution in [2.24, 2.45) is 5.41 Å². The van der Waals surface area contributed by atoms with E-state index in [1.165, 1.54) is 6.42 Å². The van der Waals surface area contributed by atoms with E-state index in [-0.39, 0.29) is 17.4 Å². The van der Waals surface area contributed by atoms with Crippen LogP contribution in [0.4, 0.5) is 5.95 Å². The molecule has 3 aliphatic rings. The van der Waals surface area contributed by atoms with Gasteiger partial charge in [0.1, 0.15) is 6.10 Å². The minimum Gasteiger partial charge on any atom is -0.368 e. The minimum atomic E-state index is -0.288. The maximum Gasteiger partial charge on any atom is 0.249 e. The van der Waals surface area contributed by atoms with Crippen molar-refractivity contribution >= 4 is 11.9 Å². The third-order valence-electron chi connectivity index (χ3n) is 5.66. The van der Waals surface area contributed by atoms with Crippen molar-refractivity contribution in [3.05, 3.63) is 18.0 Å². The number of amides is 1. The predicted octanol–water partition coefficient (Wildman–Crippen LogP) is 1.83. The van der Waals surface area contributed by atoms with Gasteiger partial charge in [0.05, 0.1) is 6.61 Å². The van der Waals surface area contributed by atoms with Crippen molar-refractivity contribution in [3.8, 4) is 0 Å². The Bertz CT molecular complexity index is 602. The number of carbonyl (C=O) groups is 1. The van der Waals surface area contributed by atoms with E-state index in [9.17, 15) is 4.79 Å². The molecule has 0 unspecified atom stereocenters. The zero-order valence-electron chi connectivity index (χ0n) is 14.3. The Balaban J connectivity index is 1.39. The van der Waals surface area contributed by atoms with Crippen LogP contribution >= 0.6 is 0 Å². The summed E-state index contributed by atoms with van der Waals surface area (Å²) in [6.45, 7) is 4.52. The Labute approximate surface area is 143 Å². The number of ether oxygens (including phenoxy) is 1. The van der Waals surface area contributed by atoms with Crippen molar-refractivity contribution in [1.29, 1.82) is 0 Å². The van der Waals surface area contributed by atoms with E-state index in [2.05, 4.69) is 20.2 Å². The normalized spacial score (nSPS) is 30.4. The number of anilines is 1. The first-order valence-corrected chi connectivity index (χ1v) is 9.09. The second-order valence-electron chi connectivity index (χ2n) is 7.73. The van der Waals surface area contributed by atoms with Crippen LogP contribution in [0.25, 0.3) is 0 Å². The average molecular weight is 330 g/mol. The lowest BCUT2D eigenvalue weighted by atomic mass is 9.78. The highest BCUT2D eigenvalue weighted by molar-refractivity contribution is 5.81. The fourth-order valence-electron chi connectivity index (χ4n) is 4.02. The lowest BCUT2D eigenvalue weighted by Crippen LogP contribution is -2.46. The predicted molar refractivity (Wildman–Crippen MR) is 90.8 cm³/mol. The molecule has 1 aliphatic carbocycles. The van der Waals surface area contributed by atoms with Gasteiger partial charge in [0.2, 0.25) is 11.9 Å². The van der Waals surface area contributed by atoms with Crippen LogP contribution in [0.1, 0.15) is 44.1 Å². The molecule has 1 spiro atoms. The van der Waals surface area contributed by atoms with E-state index in [0.717, 1.165) is 56.7 Å². The van der Waals surface area contributed by atoms with Crippen molar-refractivity contribution in [1.82, 2.24) is 15.3 Å². The van der Waals surface area contributed by atoms with Crippen molar-refractivity contribution in [2.75, 3.05) is 24.6 Å². The molecular formula is C18H26N4O2. The van der Waals surface area contributed by atoms with E-state index < -0.39 is 0 Å². The summed E-state index contributed by atoms with van der Waals surface area (Å²) in [5, 5.41) is 3.13. The summed E-state index contributed by atoms with van der Waals surface area (Å²) in [7, 11) is 0. The molecule has 0 aromatic carbocycles. The first kappa shape index (κ1) is 15.8.